The SMILES string of the molecule is OC(Cc1cccc(C(F)(F)F)c1)CC1CCCO1. The van der Waals surface area contributed by atoms with Crippen molar-refractivity contribution in [2.75, 3.05) is 6.61 Å². The normalized spacial score (nSPS) is 21.6. The van der Waals surface area contributed by atoms with Gasteiger partial charge in [-0.25, -0.2) is 0 Å². The van der Waals surface area contributed by atoms with Crippen LogP contribution in [0.15, 0.2) is 24.3 Å². The van der Waals surface area contributed by atoms with E-state index in [2.05, 4.69) is 0 Å². The average molecular weight is 274 g/mol. The number of halogens is 3. The number of hydrogen-bond donors (Lipinski definition) is 1. The first-order valence-electron chi connectivity index (χ1n) is 6.41. The fourth-order valence-corrected chi connectivity index (χ4v) is 2.36. The number of ether oxygens (including phenoxy) is 1. The standard InChI is InChI=1S/C14H17F3O2/c15-14(16,17)11-4-1-3-10(7-11)8-12(18)9-13-5-2-6-19-13/h1,3-4,7,12-13,18H,2,5-6,8-9H2. The molecule has 1 N–H and O–H groups in total. The van der Waals surface area contributed by atoms with Gasteiger partial charge < -0.3 is 9.84 Å². The first kappa shape index (κ1) is 14.3. The zero-order valence-electron chi connectivity index (χ0n) is 10.5. The molecule has 0 aromatic heterocycles. The molecule has 0 bridgehead atoms. The van der Waals surface area contributed by atoms with Crippen molar-refractivity contribution in [3.63, 3.8) is 0 Å². The monoisotopic (exact) mass is 274 g/mol. The van der Waals surface area contributed by atoms with Crippen molar-refractivity contribution in [3.05, 3.63) is 35.4 Å². The Hall–Kier alpha value is -1.07. The second-order valence-electron chi connectivity index (χ2n) is 4.93. The smallest absolute Gasteiger partial charge is 0.393 e. The second-order valence-corrected chi connectivity index (χ2v) is 4.93. The lowest BCUT2D eigenvalue weighted by Gasteiger charge is -2.16. The summed E-state index contributed by atoms with van der Waals surface area (Å²) < 4.78 is 43.1. The summed E-state index contributed by atoms with van der Waals surface area (Å²) >= 11 is 0. The third-order valence-electron chi connectivity index (χ3n) is 3.28. The van der Waals surface area contributed by atoms with Crippen LogP contribution in [0.1, 0.15) is 30.4 Å². The molecule has 0 spiro atoms. The Labute approximate surface area is 110 Å². The fraction of sp³-hybridized carbons (Fsp3) is 0.571. The van der Waals surface area contributed by atoms with Gasteiger partial charge in [0.15, 0.2) is 0 Å². The molecule has 106 valence electrons. The van der Waals surface area contributed by atoms with Crippen LogP contribution in [0.3, 0.4) is 0 Å². The summed E-state index contributed by atoms with van der Waals surface area (Å²) in [6, 6.07) is 5.11. The van der Waals surface area contributed by atoms with E-state index in [1.54, 1.807) is 6.07 Å². The van der Waals surface area contributed by atoms with Gasteiger partial charge in [-0.15, -0.1) is 0 Å². The van der Waals surface area contributed by atoms with Gasteiger partial charge in [0.25, 0.3) is 0 Å². The highest BCUT2D eigenvalue weighted by Gasteiger charge is 2.30. The maximum Gasteiger partial charge on any atom is 0.416 e. The molecule has 1 aliphatic rings. The number of benzene rings is 1. The molecule has 1 aromatic rings. The number of aliphatic hydroxyl groups excluding tert-OH is 1. The Morgan fingerprint density at radius 2 is 2.16 bits per heavy atom. The Kier molecular flexibility index (Phi) is 4.47. The van der Waals surface area contributed by atoms with Crippen molar-refractivity contribution in [2.45, 2.75) is 44.1 Å². The third kappa shape index (κ3) is 4.21. The van der Waals surface area contributed by atoms with Gasteiger partial charge in [0.05, 0.1) is 17.8 Å². The van der Waals surface area contributed by atoms with Crippen LogP contribution in [0.25, 0.3) is 0 Å². The predicted octanol–water partition coefficient (Wildman–Crippen LogP) is 3.18. The van der Waals surface area contributed by atoms with Crippen LogP contribution < -0.4 is 0 Å². The van der Waals surface area contributed by atoms with Crippen molar-refractivity contribution in [2.24, 2.45) is 0 Å². The molecular weight excluding hydrogens is 257 g/mol. The van der Waals surface area contributed by atoms with Crippen LogP contribution in [0.2, 0.25) is 0 Å². The van der Waals surface area contributed by atoms with E-state index >= 15 is 0 Å². The number of alkyl halides is 3. The lowest BCUT2D eigenvalue weighted by molar-refractivity contribution is -0.137. The zero-order valence-corrected chi connectivity index (χ0v) is 10.5. The average Bonchev–Trinajstić information content (AvgIpc) is 2.80. The molecule has 2 nitrogen and oxygen atoms in total. The van der Waals surface area contributed by atoms with Crippen LogP contribution in [0, 0.1) is 0 Å². The van der Waals surface area contributed by atoms with Gasteiger partial charge in [-0.05, 0) is 37.3 Å². The highest BCUT2D eigenvalue weighted by molar-refractivity contribution is 5.26. The van der Waals surface area contributed by atoms with Crippen molar-refractivity contribution >= 4 is 0 Å². The molecule has 2 atom stereocenters. The molecule has 2 unspecified atom stereocenters. The molecule has 1 heterocycles. The Morgan fingerprint density at radius 3 is 2.79 bits per heavy atom. The van der Waals surface area contributed by atoms with Crippen molar-refractivity contribution < 1.29 is 23.0 Å². The largest absolute Gasteiger partial charge is 0.416 e. The van der Waals surface area contributed by atoms with Gasteiger partial charge in [-0.1, -0.05) is 18.2 Å². The van der Waals surface area contributed by atoms with E-state index in [1.807, 2.05) is 0 Å². The van der Waals surface area contributed by atoms with Gasteiger partial charge in [0.2, 0.25) is 0 Å². The zero-order chi connectivity index (χ0) is 13.9. The first-order valence-corrected chi connectivity index (χ1v) is 6.41. The molecule has 0 radical (unpaired) electrons. The van der Waals surface area contributed by atoms with E-state index in [9.17, 15) is 18.3 Å². The van der Waals surface area contributed by atoms with Crippen LogP contribution in [-0.4, -0.2) is 23.9 Å². The van der Waals surface area contributed by atoms with E-state index in [4.69, 9.17) is 4.74 Å². The summed E-state index contributed by atoms with van der Waals surface area (Å²) in [6.45, 7) is 0.709. The quantitative estimate of drug-likeness (QED) is 0.913. The third-order valence-corrected chi connectivity index (χ3v) is 3.28. The molecular formula is C14H17F3O2. The Balaban J connectivity index is 1.94. The van der Waals surface area contributed by atoms with Crippen molar-refractivity contribution in [3.8, 4) is 0 Å². The summed E-state index contributed by atoms with van der Waals surface area (Å²) in [5.41, 5.74) is -0.172. The van der Waals surface area contributed by atoms with Crippen molar-refractivity contribution in [1.82, 2.24) is 0 Å². The summed E-state index contributed by atoms with van der Waals surface area (Å²) in [7, 11) is 0. The topological polar surface area (TPSA) is 29.5 Å². The Bertz CT molecular complexity index is 411. The van der Waals surface area contributed by atoms with E-state index in [1.165, 1.54) is 6.07 Å². The minimum atomic E-state index is -4.34. The van der Waals surface area contributed by atoms with Crippen LogP contribution in [0.4, 0.5) is 13.2 Å². The van der Waals surface area contributed by atoms with Gasteiger partial charge in [-0.3, -0.25) is 0 Å². The maximum absolute atomic E-state index is 12.6. The van der Waals surface area contributed by atoms with Crippen molar-refractivity contribution in [1.29, 1.82) is 0 Å². The minimum absolute atomic E-state index is 0.0424. The van der Waals surface area contributed by atoms with Gasteiger partial charge >= 0.3 is 6.18 Å². The molecule has 1 fully saturated rings. The number of hydrogen-bond acceptors (Lipinski definition) is 2. The first-order chi connectivity index (χ1) is 8.95. The molecule has 0 aliphatic carbocycles. The molecule has 0 amide bonds. The Morgan fingerprint density at radius 1 is 1.37 bits per heavy atom. The second kappa shape index (κ2) is 5.92. The van der Waals surface area contributed by atoms with E-state index in [-0.39, 0.29) is 12.5 Å². The van der Waals surface area contributed by atoms with E-state index in [0.29, 0.717) is 18.6 Å². The van der Waals surface area contributed by atoms with Gasteiger partial charge in [0.1, 0.15) is 0 Å². The van der Waals surface area contributed by atoms with Crippen LogP contribution >= 0.6 is 0 Å². The minimum Gasteiger partial charge on any atom is -0.393 e. The fourth-order valence-electron chi connectivity index (χ4n) is 2.36. The summed E-state index contributed by atoms with van der Waals surface area (Å²) in [5.74, 6) is 0. The molecule has 5 heteroatoms. The molecule has 0 saturated carbocycles. The maximum atomic E-state index is 12.6. The lowest BCUT2D eigenvalue weighted by Crippen LogP contribution is -2.19. The molecule has 1 aromatic carbocycles. The number of aliphatic hydroxyl groups is 1. The van der Waals surface area contributed by atoms with Gasteiger partial charge in [0, 0.05) is 6.61 Å². The highest BCUT2D eigenvalue weighted by Crippen LogP contribution is 2.30. The summed E-state index contributed by atoms with van der Waals surface area (Å²) in [5, 5.41) is 9.90. The van der Waals surface area contributed by atoms with E-state index < -0.39 is 17.8 Å². The van der Waals surface area contributed by atoms with Crippen LogP contribution in [0.5, 0.6) is 0 Å². The molecule has 19 heavy (non-hydrogen) atoms. The van der Waals surface area contributed by atoms with E-state index in [0.717, 1.165) is 25.0 Å². The summed E-state index contributed by atoms with van der Waals surface area (Å²) in [4.78, 5) is 0. The summed E-state index contributed by atoms with van der Waals surface area (Å²) in [6.07, 6.45) is -2.34. The lowest BCUT2D eigenvalue weighted by atomic mass is 10.0. The van der Waals surface area contributed by atoms with Crippen LogP contribution in [-0.2, 0) is 17.3 Å². The van der Waals surface area contributed by atoms with Gasteiger partial charge in [-0.2, -0.15) is 13.2 Å². The number of rotatable bonds is 4. The molecule has 2 rings (SSSR count). The molecule has 1 aliphatic heterocycles. The molecule has 1 saturated heterocycles. The highest BCUT2D eigenvalue weighted by atomic mass is 19.4. The predicted molar refractivity (Wildman–Crippen MR) is 64.7 cm³/mol.